The summed E-state index contributed by atoms with van der Waals surface area (Å²) < 4.78 is 0. The largest absolute Gasteiger partial charge is 0.465 e. The Hall–Kier alpha value is -3.46. The van der Waals surface area contributed by atoms with Crippen LogP contribution in [0.1, 0.15) is 11.3 Å². The normalized spacial score (nSPS) is 10.4. The van der Waals surface area contributed by atoms with E-state index in [1.807, 2.05) is 0 Å². The minimum Gasteiger partial charge on any atom is -0.465 e. The van der Waals surface area contributed by atoms with Gasteiger partial charge in [-0.2, -0.15) is 0 Å². The molecule has 2 heterocycles. The molecule has 0 aliphatic heterocycles. The first-order valence-electron chi connectivity index (χ1n) is 8.01. The number of aromatic nitrogens is 2. The Bertz CT molecular complexity index is 945. The van der Waals surface area contributed by atoms with E-state index in [1.54, 1.807) is 54.2 Å². The fraction of sp³-hybridized carbons (Fsp3) is 0.111. The summed E-state index contributed by atoms with van der Waals surface area (Å²) in [6.45, 7) is 0.128. The van der Waals surface area contributed by atoms with Crippen molar-refractivity contribution in [2.45, 2.75) is 13.0 Å². The highest BCUT2D eigenvalue weighted by Gasteiger charge is 2.19. The lowest BCUT2D eigenvalue weighted by Gasteiger charge is -2.15. The molecule has 0 saturated heterocycles. The minimum atomic E-state index is -1.12. The maximum atomic E-state index is 12.2. The number of hydrogen-bond acceptors (Lipinski definition) is 6. The number of nitrogens with one attached hydrogen (secondary N) is 1. The number of para-hydroxylation sites is 2. The molecule has 1 aromatic carbocycles. The average molecular weight is 383 g/mol. The molecule has 3 aromatic rings. The monoisotopic (exact) mass is 383 g/mol. The van der Waals surface area contributed by atoms with Crippen molar-refractivity contribution < 1.29 is 14.7 Å². The number of carbonyl (C=O) groups excluding carboxylic acids is 1. The molecule has 0 aliphatic carbocycles. The van der Waals surface area contributed by atoms with E-state index in [4.69, 9.17) is 5.73 Å². The van der Waals surface area contributed by atoms with Crippen LogP contribution < -0.4 is 16.0 Å². The van der Waals surface area contributed by atoms with Gasteiger partial charge in [-0.15, -0.1) is 11.3 Å². The van der Waals surface area contributed by atoms with E-state index in [9.17, 15) is 14.7 Å². The van der Waals surface area contributed by atoms with E-state index in [-0.39, 0.29) is 18.9 Å². The number of anilines is 3. The fourth-order valence-corrected chi connectivity index (χ4v) is 3.18. The van der Waals surface area contributed by atoms with Gasteiger partial charge in [0.25, 0.3) is 0 Å². The Kier molecular flexibility index (Phi) is 5.62. The molecule has 138 valence electrons. The number of carbonyl (C=O) groups is 2. The second kappa shape index (κ2) is 8.28. The number of amides is 2. The Morgan fingerprint density at radius 2 is 2.04 bits per heavy atom. The molecule has 2 aromatic heterocycles. The van der Waals surface area contributed by atoms with Gasteiger partial charge in [-0.3, -0.25) is 9.78 Å². The molecule has 0 atom stereocenters. The molecule has 0 bridgehead atoms. The molecule has 0 spiro atoms. The molecule has 27 heavy (non-hydrogen) atoms. The van der Waals surface area contributed by atoms with Crippen LogP contribution in [0.15, 0.2) is 54.2 Å². The van der Waals surface area contributed by atoms with Crippen molar-refractivity contribution in [3.63, 3.8) is 0 Å². The number of benzene rings is 1. The number of thiazole rings is 1. The topological polar surface area (TPSA) is 121 Å². The lowest BCUT2D eigenvalue weighted by molar-refractivity contribution is -0.115. The van der Waals surface area contributed by atoms with Gasteiger partial charge in [0.05, 0.1) is 30.0 Å². The van der Waals surface area contributed by atoms with Crippen molar-refractivity contribution in [2.24, 2.45) is 0 Å². The fourth-order valence-electron chi connectivity index (χ4n) is 2.36. The van der Waals surface area contributed by atoms with Gasteiger partial charge >= 0.3 is 6.09 Å². The van der Waals surface area contributed by atoms with Crippen molar-refractivity contribution in [1.29, 1.82) is 0 Å². The first-order valence-corrected chi connectivity index (χ1v) is 8.89. The van der Waals surface area contributed by atoms with E-state index >= 15 is 0 Å². The van der Waals surface area contributed by atoms with Gasteiger partial charge in [0.2, 0.25) is 5.91 Å². The van der Waals surface area contributed by atoms with Crippen LogP contribution in [0, 0.1) is 0 Å². The van der Waals surface area contributed by atoms with E-state index in [0.717, 1.165) is 10.5 Å². The lowest BCUT2D eigenvalue weighted by Crippen LogP contribution is -2.28. The van der Waals surface area contributed by atoms with E-state index < -0.39 is 6.09 Å². The third kappa shape index (κ3) is 4.79. The minimum absolute atomic E-state index is 0.0190. The smallest absolute Gasteiger partial charge is 0.413 e. The first-order chi connectivity index (χ1) is 13.0. The third-order valence-corrected chi connectivity index (χ3v) is 4.55. The highest BCUT2D eigenvalue weighted by atomic mass is 32.1. The predicted molar refractivity (Wildman–Crippen MR) is 104 cm³/mol. The zero-order valence-corrected chi connectivity index (χ0v) is 15.0. The lowest BCUT2D eigenvalue weighted by atomic mass is 10.2. The maximum absolute atomic E-state index is 12.2. The zero-order chi connectivity index (χ0) is 19.2. The Morgan fingerprint density at radius 1 is 1.22 bits per heavy atom. The van der Waals surface area contributed by atoms with Gasteiger partial charge in [-0.25, -0.2) is 14.7 Å². The highest BCUT2D eigenvalue weighted by molar-refractivity contribution is 7.14. The number of rotatable bonds is 6. The van der Waals surface area contributed by atoms with E-state index in [2.05, 4.69) is 15.3 Å². The summed E-state index contributed by atoms with van der Waals surface area (Å²) in [7, 11) is 0. The van der Waals surface area contributed by atoms with Crippen LogP contribution in [0.3, 0.4) is 0 Å². The van der Waals surface area contributed by atoms with Gasteiger partial charge in [0.15, 0.2) is 5.13 Å². The molecule has 0 aliphatic rings. The average Bonchev–Trinajstić information content (AvgIpc) is 3.10. The zero-order valence-electron chi connectivity index (χ0n) is 14.2. The molecule has 8 nitrogen and oxygen atoms in total. The van der Waals surface area contributed by atoms with Crippen molar-refractivity contribution >= 4 is 39.8 Å². The van der Waals surface area contributed by atoms with E-state index in [1.165, 1.54) is 11.3 Å². The number of pyridine rings is 1. The van der Waals surface area contributed by atoms with E-state index in [0.29, 0.717) is 22.2 Å². The number of nitrogens with two attached hydrogens (primary N) is 1. The number of nitrogen functional groups attached to an aromatic ring is 1. The van der Waals surface area contributed by atoms with Crippen molar-refractivity contribution in [2.75, 3.05) is 16.0 Å². The molecule has 3 rings (SSSR count). The second-order valence-electron chi connectivity index (χ2n) is 5.66. The summed E-state index contributed by atoms with van der Waals surface area (Å²) in [5.41, 5.74) is 8.04. The molecular weight excluding hydrogens is 366 g/mol. The van der Waals surface area contributed by atoms with Gasteiger partial charge in [0, 0.05) is 17.8 Å². The third-order valence-electron chi connectivity index (χ3n) is 3.64. The van der Waals surface area contributed by atoms with Gasteiger partial charge in [0.1, 0.15) is 0 Å². The Morgan fingerprint density at radius 3 is 2.74 bits per heavy atom. The SMILES string of the molecule is Nc1ccccc1NC(=O)Cc1csc(N(Cc2cccnc2)C(=O)O)n1. The molecule has 9 heteroatoms. The van der Waals surface area contributed by atoms with Crippen LogP contribution in [-0.2, 0) is 17.8 Å². The van der Waals surface area contributed by atoms with Crippen LogP contribution in [0.25, 0.3) is 0 Å². The van der Waals surface area contributed by atoms with Crippen molar-refractivity contribution in [3.8, 4) is 0 Å². The first kappa shape index (κ1) is 18.3. The predicted octanol–water partition coefficient (Wildman–Crippen LogP) is 2.99. The van der Waals surface area contributed by atoms with Crippen LogP contribution in [0.4, 0.5) is 21.3 Å². The number of nitrogens with zero attached hydrogens (tertiary/aromatic N) is 3. The molecule has 0 radical (unpaired) electrons. The van der Waals surface area contributed by atoms with Crippen LogP contribution >= 0.6 is 11.3 Å². The van der Waals surface area contributed by atoms with Gasteiger partial charge < -0.3 is 16.2 Å². The van der Waals surface area contributed by atoms with Crippen molar-refractivity contribution in [1.82, 2.24) is 9.97 Å². The van der Waals surface area contributed by atoms with Crippen LogP contribution in [-0.4, -0.2) is 27.1 Å². The molecular formula is C18H17N5O3S. The molecule has 0 unspecified atom stereocenters. The van der Waals surface area contributed by atoms with Crippen LogP contribution in [0.5, 0.6) is 0 Å². The van der Waals surface area contributed by atoms with Crippen molar-refractivity contribution in [3.05, 3.63) is 65.4 Å². The summed E-state index contributed by atoms with van der Waals surface area (Å²) in [4.78, 5) is 33.2. The summed E-state index contributed by atoms with van der Waals surface area (Å²) in [5.74, 6) is -0.279. The number of carboxylic acid groups (broad SMARTS) is 1. The van der Waals surface area contributed by atoms with Gasteiger partial charge in [-0.1, -0.05) is 18.2 Å². The molecule has 2 amide bonds. The molecule has 0 saturated carbocycles. The summed E-state index contributed by atoms with van der Waals surface area (Å²) in [5, 5.41) is 14.2. The quantitative estimate of drug-likeness (QED) is 0.563. The highest BCUT2D eigenvalue weighted by Crippen LogP contribution is 2.23. The molecule has 4 N–H and O–H groups in total. The van der Waals surface area contributed by atoms with Gasteiger partial charge in [-0.05, 0) is 23.8 Å². The molecule has 0 fully saturated rings. The number of hydrogen-bond donors (Lipinski definition) is 3. The summed E-state index contributed by atoms with van der Waals surface area (Å²) >= 11 is 1.17. The van der Waals surface area contributed by atoms with Crippen LogP contribution in [0.2, 0.25) is 0 Å². The Balaban J connectivity index is 1.68. The summed E-state index contributed by atoms with van der Waals surface area (Å²) in [6, 6.07) is 10.5. The Labute approximate surface area is 159 Å². The standard InChI is InChI=1S/C18H17N5O3S/c19-14-5-1-2-6-15(14)22-16(24)8-13-11-27-17(21-13)23(18(25)26)10-12-4-3-7-20-9-12/h1-7,9,11H,8,10,19H2,(H,22,24)(H,25,26). The summed E-state index contributed by atoms with van der Waals surface area (Å²) in [6.07, 6.45) is 2.11. The maximum Gasteiger partial charge on any atom is 0.413 e. The second-order valence-corrected chi connectivity index (χ2v) is 6.50.